The van der Waals surface area contributed by atoms with E-state index in [9.17, 15) is 4.79 Å². The van der Waals surface area contributed by atoms with Crippen LogP contribution in [0.4, 0.5) is 0 Å². The molecule has 4 aromatic rings. The normalized spacial score (nSPS) is 14.9. The number of nitrogens with one attached hydrogen (secondary N) is 1. The van der Waals surface area contributed by atoms with Crippen LogP contribution < -0.4 is 14.9 Å². The molecule has 37 heavy (non-hydrogen) atoms. The molecule has 2 aromatic carbocycles. The molecule has 1 aliphatic rings. The fraction of sp³-hybridized carbons (Fsp3) is 0.276. The number of nitrogens with zero attached hydrogens (tertiary/aromatic N) is 3. The fourth-order valence-corrected chi connectivity index (χ4v) is 5.52. The van der Waals surface area contributed by atoms with Crippen LogP contribution in [-0.4, -0.2) is 28.5 Å². The summed E-state index contributed by atoms with van der Waals surface area (Å²) >= 11 is 1.57. The Morgan fingerprint density at radius 3 is 2.70 bits per heavy atom. The van der Waals surface area contributed by atoms with Crippen molar-refractivity contribution in [3.05, 3.63) is 87.2 Å². The van der Waals surface area contributed by atoms with Gasteiger partial charge in [0.05, 0.1) is 34.6 Å². The zero-order valence-electron chi connectivity index (χ0n) is 21.2. The first-order valence-corrected chi connectivity index (χ1v) is 13.3. The van der Waals surface area contributed by atoms with Gasteiger partial charge >= 0.3 is 0 Å². The van der Waals surface area contributed by atoms with Crippen LogP contribution >= 0.6 is 11.3 Å². The zero-order chi connectivity index (χ0) is 25.8. The van der Waals surface area contributed by atoms with Crippen LogP contribution in [-0.2, 0) is 12.8 Å². The van der Waals surface area contributed by atoms with E-state index in [-0.39, 0.29) is 5.91 Å². The maximum atomic E-state index is 12.8. The molecule has 8 heteroatoms. The molecule has 2 aromatic heterocycles. The number of ether oxygens (including phenoxy) is 2. The Kier molecular flexibility index (Phi) is 7.37. The number of hydrazone groups is 1. The Morgan fingerprint density at radius 1 is 1.19 bits per heavy atom. The Hall–Kier alpha value is -3.91. The molecule has 190 valence electrons. The van der Waals surface area contributed by atoms with Gasteiger partial charge in [-0.25, -0.2) is 5.43 Å². The zero-order valence-corrected chi connectivity index (χ0v) is 22.0. The van der Waals surface area contributed by atoms with Crippen molar-refractivity contribution in [2.24, 2.45) is 11.0 Å². The Labute approximate surface area is 220 Å². The van der Waals surface area contributed by atoms with Gasteiger partial charge in [-0.15, -0.1) is 11.3 Å². The fourth-order valence-electron chi connectivity index (χ4n) is 4.42. The van der Waals surface area contributed by atoms with Gasteiger partial charge in [-0.05, 0) is 87.1 Å². The molecule has 1 atom stereocenters. The van der Waals surface area contributed by atoms with Gasteiger partial charge in [-0.2, -0.15) is 14.9 Å². The van der Waals surface area contributed by atoms with Crippen LogP contribution in [0.5, 0.6) is 17.4 Å². The summed E-state index contributed by atoms with van der Waals surface area (Å²) in [7, 11) is 0. The van der Waals surface area contributed by atoms with E-state index in [0.717, 1.165) is 30.0 Å². The second-order valence-electron chi connectivity index (χ2n) is 9.16. The summed E-state index contributed by atoms with van der Waals surface area (Å²) in [6.45, 7) is 6.70. The van der Waals surface area contributed by atoms with E-state index in [4.69, 9.17) is 14.6 Å². The third kappa shape index (κ3) is 5.59. The maximum absolute atomic E-state index is 12.8. The highest BCUT2D eigenvalue weighted by Gasteiger charge is 2.21. The summed E-state index contributed by atoms with van der Waals surface area (Å²) in [5.74, 6) is 2.38. The third-order valence-corrected chi connectivity index (χ3v) is 7.56. The Balaban J connectivity index is 1.40. The van der Waals surface area contributed by atoms with Gasteiger partial charge in [0.15, 0.2) is 0 Å². The lowest BCUT2D eigenvalue weighted by molar-refractivity contribution is 0.0959. The lowest BCUT2D eigenvalue weighted by Crippen LogP contribution is -2.16. The van der Waals surface area contributed by atoms with E-state index in [1.165, 1.54) is 16.9 Å². The lowest BCUT2D eigenvalue weighted by Gasteiger charge is -2.16. The minimum Gasteiger partial charge on any atom is -0.494 e. The van der Waals surface area contributed by atoms with E-state index >= 15 is 0 Å². The monoisotopic (exact) mass is 514 g/mol. The average Bonchev–Trinajstić information content (AvgIpc) is 3.46. The van der Waals surface area contributed by atoms with Crippen LogP contribution in [0.3, 0.4) is 0 Å². The number of aryl methyl sites for hydroxylation is 2. The summed E-state index contributed by atoms with van der Waals surface area (Å²) in [6.07, 6.45) is 4.85. The first-order valence-electron chi connectivity index (χ1n) is 12.5. The number of para-hydroxylation sites is 1. The van der Waals surface area contributed by atoms with Gasteiger partial charge in [0.2, 0.25) is 5.88 Å². The molecule has 0 aliphatic heterocycles. The number of thiophene rings is 1. The molecule has 0 saturated heterocycles. The SMILES string of the molecule is CCOc1ccc(Oc2c(C=NNC(=O)c3cc4c(s3)CCC(C)C4)c(C)nn2-c2ccccc2)cc1. The molecule has 0 saturated carbocycles. The quantitative estimate of drug-likeness (QED) is 0.220. The van der Waals surface area contributed by atoms with Gasteiger partial charge < -0.3 is 9.47 Å². The largest absolute Gasteiger partial charge is 0.494 e. The van der Waals surface area contributed by atoms with E-state index < -0.39 is 0 Å². The smallest absolute Gasteiger partial charge is 0.281 e. The van der Waals surface area contributed by atoms with Crippen LogP contribution in [0.25, 0.3) is 5.69 Å². The van der Waals surface area contributed by atoms with Crippen molar-refractivity contribution in [3.63, 3.8) is 0 Å². The molecule has 5 rings (SSSR count). The molecule has 0 spiro atoms. The van der Waals surface area contributed by atoms with E-state index in [0.29, 0.717) is 34.6 Å². The van der Waals surface area contributed by atoms with Gasteiger partial charge in [0.1, 0.15) is 11.5 Å². The molecule has 0 bridgehead atoms. The number of benzene rings is 2. The molecule has 0 fully saturated rings. The number of hydrogen-bond donors (Lipinski definition) is 1. The molecule has 7 nitrogen and oxygen atoms in total. The highest BCUT2D eigenvalue weighted by molar-refractivity contribution is 7.14. The van der Waals surface area contributed by atoms with Gasteiger partial charge in [-0.1, -0.05) is 25.1 Å². The molecule has 1 N–H and O–H groups in total. The van der Waals surface area contributed by atoms with Crippen molar-refractivity contribution in [1.82, 2.24) is 15.2 Å². The maximum Gasteiger partial charge on any atom is 0.281 e. The van der Waals surface area contributed by atoms with Crippen molar-refractivity contribution in [3.8, 4) is 23.1 Å². The van der Waals surface area contributed by atoms with Crippen LogP contribution in [0.1, 0.15) is 51.6 Å². The predicted octanol–water partition coefficient (Wildman–Crippen LogP) is 6.32. The molecule has 1 amide bonds. The average molecular weight is 515 g/mol. The molecule has 2 heterocycles. The van der Waals surface area contributed by atoms with E-state index in [1.54, 1.807) is 22.2 Å². The standard InChI is InChI=1S/C29H30N4O3S/c1-4-35-23-11-13-24(14-12-23)36-29-25(20(3)32-33(29)22-8-6-5-7-9-22)18-30-31-28(34)27-17-21-16-19(2)10-15-26(21)37-27/h5-9,11-14,17-19H,4,10,15-16H2,1-3H3,(H,31,34). The van der Waals surface area contributed by atoms with Crippen LogP contribution in [0.15, 0.2) is 65.8 Å². The van der Waals surface area contributed by atoms with Crippen molar-refractivity contribution in [2.45, 2.75) is 40.0 Å². The summed E-state index contributed by atoms with van der Waals surface area (Å²) in [4.78, 5) is 14.8. The molecule has 0 radical (unpaired) electrons. The van der Waals surface area contributed by atoms with Crippen LogP contribution in [0, 0.1) is 12.8 Å². The van der Waals surface area contributed by atoms with E-state index in [2.05, 4.69) is 17.5 Å². The third-order valence-electron chi connectivity index (χ3n) is 6.33. The number of carbonyl (C=O) groups is 1. The van der Waals surface area contributed by atoms with Crippen molar-refractivity contribution in [1.29, 1.82) is 0 Å². The summed E-state index contributed by atoms with van der Waals surface area (Å²) in [5.41, 5.74) is 6.24. The van der Waals surface area contributed by atoms with Gasteiger partial charge in [0.25, 0.3) is 5.91 Å². The van der Waals surface area contributed by atoms with Crippen molar-refractivity contribution >= 4 is 23.5 Å². The van der Waals surface area contributed by atoms with Crippen molar-refractivity contribution in [2.75, 3.05) is 6.61 Å². The topological polar surface area (TPSA) is 77.7 Å². The highest BCUT2D eigenvalue weighted by atomic mass is 32.1. The highest BCUT2D eigenvalue weighted by Crippen LogP contribution is 2.33. The minimum atomic E-state index is -0.203. The number of carbonyl (C=O) groups excluding carboxylic acids is 1. The number of rotatable bonds is 8. The number of aromatic nitrogens is 2. The van der Waals surface area contributed by atoms with E-state index in [1.807, 2.05) is 74.5 Å². The van der Waals surface area contributed by atoms with Crippen molar-refractivity contribution < 1.29 is 14.3 Å². The number of fused-ring (bicyclic) bond motifs is 1. The van der Waals surface area contributed by atoms with Gasteiger partial charge in [-0.3, -0.25) is 4.79 Å². The minimum absolute atomic E-state index is 0.203. The lowest BCUT2D eigenvalue weighted by atomic mass is 9.90. The van der Waals surface area contributed by atoms with Gasteiger partial charge in [0, 0.05) is 4.88 Å². The summed E-state index contributed by atoms with van der Waals surface area (Å²) < 4.78 is 13.6. The number of amides is 1. The summed E-state index contributed by atoms with van der Waals surface area (Å²) in [6, 6.07) is 19.2. The first-order chi connectivity index (χ1) is 18.0. The summed E-state index contributed by atoms with van der Waals surface area (Å²) in [5, 5.41) is 8.97. The van der Waals surface area contributed by atoms with Crippen LogP contribution in [0.2, 0.25) is 0 Å². The second-order valence-corrected chi connectivity index (χ2v) is 10.3. The molecule has 1 aliphatic carbocycles. The predicted molar refractivity (Wildman–Crippen MR) is 147 cm³/mol. The molecular formula is C29H30N4O3S. The Morgan fingerprint density at radius 2 is 1.95 bits per heavy atom. The number of hydrogen-bond acceptors (Lipinski definition) is 6. The Bertz CT molecular complexity index is 1410. The second kappa shape index (κ2) is 11.0. The molecular weight excluding hydrogens is 484 g/mol. The molecule has 1 unspecified atom stereocenters. The first kappa shape index (κ1) is 24.8.